The molecule has 2 aromatic heterocycles. The van der Waals surface area contributed by atoms with Crippen molar-refractivity contribution in [3.63, 3.8) is 0 Å². The van der Waals surface area contributed by atoms with Gasteiger partial charge in [-0.05, 0) is 12.1 Å². The predicted molar refractivity (Wildman–Crippen MR) is 109 cm³/mol. The van der Waals surface area contributed by atoms with Crippen molar-refractivity contribution in [3.8, 4) is 23.0 Å². The number of aliphatic hydroxyl groups excluding tert-OH is 4. The van der Waals surface area contributed by atoms with Gasteiger partial charge in [0.05, 0.1) is 17.4 Å². The Balaban J connectivity index is 1.61. The van der Waals surface area contributed by atoms with Crippen molar-refractivity contribution in [1.82, 2.24) is 0 Å². The molecule has 13 heteroatoms. The lowest BCUT2D eigenvalue weighted by Crippen LogP contribution is -2.60. The molecule has 1 saturated heterocycles. The van der Waals surface area contributed by atoms with Gasteiger partial charge in [-0.25, -0.2) is 9.59 Å². The van der Waals surface area contributed by atoms with Gasteiger partial charge in [-0.3, -0.25) is 0 Å². The van der Waals surface area contributed by atoms with Crippen molar-refractivity contribution in [1.29, 1.82) is 0 Å². The third kappa shape index (κ3) is 2.72. The van der Waals surface area contributed by atoms with E-state index in [9.17, 15) is 35.1 Å². The molecule has 2 aliphatic rings. The number of ether oxygens (including phenoxy) is 4. The Bertz CT molecular complexity index is 1550. The first kappa shape index (κ1) is 20.9. The highest BCUT2D eigenvalue weighted by molar-refractivity contribution is 6.22. The minimum atomic E-state index is -1.80. The molecule has 1 fully saturated rings. The van der Waals surface area contributed by atoms with Gasteiger partial charge in [-0.15, -0.1) is 0 Å². The number of phenolic OH excluding ortho intramolecular Hbond substituents is 1. The minimum absolute atomic E-state index is 0.0185. The van der Waals surface area contributed by atoms with Crippen molar-refractivity contribution in [2.75, 3.05) is 13.4 Å². The number of hydrogen-bond acceptors (Lipinski definition) is 13. The summed E-state index contributed by atoms with van der Waals surface area (Å²) in [5.74, 6) is -0.853. The molecule has 0 amide bonds. The van der Waals surface area contributed by atoms with E-state index in [1.165, 1.54) is 6.07 Å². The molecular weight excluding hydrogens is 460 g/mol. The monoisotopic (exact) mass is 476 g/mol. The topological polar surface area (TPSA) is 198 Å². The lowest BCUT2D eigenvalue weighted by molar-refractivity contribution is -0.277. The van der Waals surface area contributed by atoms with E-state index in [-0.39, 0.29) is 51.0 Å². The largest absolute Gasteiger partial charge is 0.504 e. The van der Waals surface area contributed by atoms with Crippen LogP contribution in [0.1, 0.15) is 0 Å². The number of rotatable bonds is 3. The summed E-state index contributed by atoms with van der Waals surface area (Å²) in [6.07, 6.45) is -8.17. The highest BCUT2D eigenvalue weighted by atomic mass is 16.7. The molecule has 0 unspecified atom stereocenters. The molecule has 4 heterocycles. The molecule has 2 aromatic carbocycles. The van der Waals surface area contributed by atoms with E-state index in [2.05, 4.69) is 0 Å². The zero-order chi connectivity index (χ0) is 23.9. The molecule has 0 radical (unpaired) electrons. The molecule has 178 valence electrons. The Labute approximate surface area is 186 Å². The van der Waals surface area contributed by atoms with Gasteiger partial charge in [0.25, 0.3) is 0 Å². The first-order chi connectivity index (χ1) is 16.3. The Morgan fingerprint density at radius 1 is 0.912 bits per heavy atom. The van der Waals surface area contributed by atoms with Crippen LogP contribution in [0, 0.1) is 0 Å². The SMILES string of the molecule is O=c1oc2c3c(cc4c(=O)oc5c(O[C@H]6O[C@H](CO)[C@@H](O)[C@H](O)[C@H]6O)c(O)cc1c5c24)OCO3. The van der Waals surface area contributed by atoms with Crippen molar-refractivity contribution >= 4 is 32.7 Å². The van der Waals surface area contributed by atoms with Gasteiger partial charge in [0.15, 0.2) is 22.7 Å². The van der Waals surface area contributed by atoms with Crippen molar-refractivity contribution in [2.24, 2.45) is 0 Å². The molecule has 6 rings (SSSR count). The fourth-order valence-electron chi connectivity index (χ4n) is 4.34. The maximum Gasteiger partial charge on any atom is 0.344 e. The van der Waals surface area contributed by atoms with Crippen molar-refractivity contribution in [2.45, 2.75) is 30.7 Å². The summed E-state index contributed by atoms with van der Waals surface area (Å²) in [4.78, 5) is 25.6. The summed E-state index contributed by atoms with van der Waals surface area (Å²) < 4.78 is 32.3. The second kappa shape index (κ2) is 7.19. The van der Waals surface area contributed by atoms with Crippen LogP contribution >= 0.6 is 0 Å². The van der Waals surface area contributed by atoms with Gasteiger partial charge in [0, 0.05) is 10.8 Å². The number of hydrogen-bond donors (Lipinski definition) is 5. The van der Waals surface area contributed by atoms with E-state index in [0.717, 1.165) is 6.07 Å². The van der Waals surface area contributed by atoms with Gasteiger partial charge >= 0.3 is 11.3 Å². The molecule has 2 aliphatic heterocycles. The lowest BCUT2D eigenvalue weighted by atomic mass is 9.99. The van der Waals surface area contributed by atoms with Crippen LogP contribution < -0.4 is 25.5 Å². The molecule has 0 bridgehead atoms. The quantitative estimate of drug-likeness (QED) is 0.180. The summed E-state index contributed by atoms with van der Waals surface area (Å²) in [5.41, 5.74) is -2.17. The van der Waals surface area contributed by atoms with E-state index < -0.39 is 60.1 Å². The average Bonchev–Trinajstić information content (AvgIpc) is 3.29. The maximum absolute atomic E-state index is 12.8. The summed E-state index contributed by atoms with van der Waals surface area (Å²) in [5, 5.41) is 50.4. The summed E-state index contributed by atoms with van der Waals surface area (Å²) >= 11 is 0. The molecule has 0 spiro atoms. The predicted octanol–water partition coefficient (Wildman–Crippen LogP) is -0.897. The van der Waals surface area contributed by atoms with E-state index >= 15 is 0 Å². The number of aromatic hydroxyl groups is 1. The van der Waals surface area contributed by atoms with Gasteiger partial charge in [0.2, 0.25) is 24.6 Å². The van der Waals surface area contributed by atoms with Crippen LogP contribution in [0.5, 0.6) is 23.0 Å². The summed E-state index contributed by atoms with van der Waals surface area (Å²) in [6, 6.07) is 2.40. The molecule has 13 nitrogen and oxygen atoms in total. The van der Waals surface area contributed by atoms with Crippen molar-refractivity contribution < 1.29 is 53.3 Å². The van der Waals surface area contributed by atoms with Gasteiger partial charge < -0.3 is 53.3 Å². The number of benzene rings is 2. The molecule has 0 saturated carbocycles. The first-order valence-corrected chi connectivity index (χ1v) is 10.1. The van der Waals surface area contributed by atoms with Crippen molar-refractivity contribution in [3.05, 3.63) is 33.0 Å². The minimum Gasteiger partial charge on any atom is -0.504 e. The number of aliphatic hydroxyl groups is 4. The summed E-state index contributed by atoms with van der Waals surface area (Å²) in [6.45, 7) is -0.864. The van der Waals surface area contributed by atoms with Crippen LogP contribution in [-0.4, -0.2) is 69.6 Å². The third-order valence-corrected chi connectivity index (χ3v) is 6.00. The van der Waals surface area contributed by atoms with Crippen LogP contribution in [0.3, 0.4) is 0 Å². The molecule has 34 heavy (non-hydrogen) atoms. The second-order valence-electron chi connectivity index (χ2n) is 7.93. The van der Waals surface area contributed by atoms with E-state index in [1.54, 1.807) is 0 Å². The fourth-order valence-corrected chi connectivity index (χ4v) is 4.34. The molecule has 5 N–H and O–H groups in total. The maximum atomic E-state index is 12.8. The lowest BCUT2D eigenvalue weighted by Gasteiger charge is -2.39. The van der Waals surface area contributed by atoms with E-state index in [0.29, 0.717) is 0 Å². The van der Waals surface area contributed by atoms with Crippen LogP contribution in [0.25, 0.3) is 32.7 Å². The standard InChI is InChI=1S/C21H16O13/c22-3-9-12(24)13(25)14(26)21(31-9)34-15-7(23)1-5-10-11-6(20(28)32-17(10)15)2-8-16(30-4-29-8)18(11)33-19(5)27/h1-2,9,12-14,21-26H,3-4H2/t9-,12-,13+,14-,21-/m1/s1. The van der Waals surface area contributed by atoms with Gasteiger partial charge in [0.1, 0.15) is 24.4 Å². The molecule has 5 atom stereocenters. The third-order valence-electron chi connectivity index (χ3n) is 6.00. The number of phenols is 1. The van der Waals surface area contributed by atoms with Crippen LogP contribution in [0.4, 0.5) is 0 Å². The Morgan fingerprint density at radius 2 is 1.59 bits per heavy atom. The highest BCUT2D eigenvalue weighted by Crippen LogP contribution is 2.47. The molecule has 4 aromatic rings. The van der Waals surface area contributed by atoms with Gasteiger partial charge in [-0.2, -0.15) is 0 Å². The Hall–Kier alpha value is -3.62. The zero-order valence-corrected chi connectivity index (χ0v) is 17.0. The zero-order valence-electron chi connectivity index (χ0n) is 17.0. The molecule has 0 aliphatic carbocycles. The Kier molecular flexibility index (Phi) is 4.43. The number of fused-ring (bicyclic) bond motifs is 2. The average molecular weight is 476 g/mol. The fraction of sp³-hybridized carbons (Fsp3) is 0.333. The summed E-state index contributed by atoms with van der Waals surface area (Å²) in [7, 11) is 0. The van der Waals surface area contributed by atoms with Crippen LogP contribution in [0.15, 0.2) is 30.6 Å². The van der Waals surface area contributed by atoms with E-state index in [4.69, 9.17) is 27.8 Å². The highest BCUT2D eigenvalue weighted by Gasteiger charge is 2.45. The molecular formula is C21H16O13. The first-order valence-electron chi connectivity index (χ1n) is 10.1. The Morgan fingerprint density at radius 3 is 2.32 bits per heavy atom. The smallest absolute Gasteiger partial charge is 0.344 e. The van der Waals surface area contributed by atoms with Gasteiger partial charge in [-0.1, -0.05) is 0 Å². The van der Waals surface area contributed by atoms with E-state index in [1.807, 2.05) is 0 Å². The second-order valence-corrected chi connectivity index (χ2v) is 7.93. The normalized spacial score (nSPS) is 26.6. The van der Waals surface area contributed by atoms with Crippen LogP contribution in [-0.2, 0) is 4.74 Å². The van der Waals surface area contributed by atoms with Crippen LogP contribution in [0.2, 0.25) is 0 Å².